The lowest BCUT2D eigenvalue weighted by atomic mass is 9.92. The minimum atomic E-state index is -3.64. The number of hydrogen-bond acceptors (Lipinski definition) is 3. The molecule has 1 aliphatic rings. The van der Waals surface area contributed by atoms with Crippen LogP contribution in [0.2, 0.25) is 0 Å². The highest BCUT2D eigenvalue weighted by Crippen LogP contribution is 2.25. The molecule has 0 atom stereocenters. The molecule has 0 aromatic heterocycles. The summed E-state index contributed by atoms with van der Waals surface area (Å²) in [6, 6.07) is 2.51. The zero-order valence-corrected chi connectivity index (χ0v) is 12.9. The summed E-state index contributed by atoms with van der Waals surface area (Å²) < 4.78 is 41.3. The van der Waals surface area contributed by atoms with Gasteiger partial charge in [-0.25, -0.2) is 17.5 Å². The van der Waals surface area contributed by atoms with E-state index in [1.54, 1.807) is 13.8 Å². The highest BCUT2D eigenvalue weighted by Gasteiger charge is 2.33. The van der Waals surface area contributed by atoms with Crippen LogP contribution in [-0.2, 0) is 10.0 Å². The van der Waals surface area contributed by atoms with Gasteiger partial charge in [0.2, 0.25) is 10.0 Å². The van der Waals surface area contributed by atoms with Gasteiger partial charge in [0.1, 0.15) is 5.82 Å². The van der Waals surface area contributed by atoms with Gasteiger partial charge in [-0.1, -0.05) is 0 Å². The SMILES string of the molecule is Cc1cc(F)cc(C)c1S(=O)(=O)NC1(C)CCNCC1. The number of sulfonamides is 1. The first-order valence-corrected chi connectivity index (χ1v) is 8.23. The van der Waals surface area contributed by atoms with Crippen molar-refractivity contribution in [3.05, 3.63) is 29.1 Å². The number of hydrogen-bond donors (Lipinski definition) is 2. The molecule has 0 amide bonds. The minimum Gasteiger partial charge on any atom is -0.317 e. The molecule has 4 nitrogen and oxygen atoms in total. The molecule has 1 aromatic carbocycles. The summed E-state index contributed by atoms with van der Waals surface area (Å²) in [7, 11) is -3.64. The quantitative estimate of drug-likeness (QED) is 0.896. The standard InChI is InChI=1S/C14H21FN2O2S/c1-10-8-12(15)9-11(2)13(10)20(18,19)17-14(3)4-6-16-7-5-14/h8-9,16-17H,4-7H2,1-3H3. The monoisotopic (exact) mass is 300 g/mol. The summed E-state index contributed by atoms with van der Waals surface area (Å²) in [4.78, 5) is 0.193. The fourth-order valence-electron chi connectivity index (χ4n) is 2.78. The van der Waals surface area contributed by atoms with Crippen LogP contribution in [0.15, 0.2) is 17.0 Å². The lowest BCUT2D eigenvalue weighted by Gasteiger charge is -2.34. The molecule has 0 aliphatic carbocycles. The lowest BCUT2D eigenvalue weighted by molar-refractivity contribution is 0.308. The van der Waals surface area contributed by atoms with Crippen molar-refractivity contribution in [1.29, 1.82) is 0 Å². The Labute approximate surface area is 119 Å². The van der Waals surface area contributed by atoms with Crippen LogP contribution in [0.25, 0.3) is 0 Å². The third-order valence-corrected chi connectivity index (χ3v) is 5.72. The third kappa shape index (κ3) is 3.19. The van der Waals surface area contributed by atoms with Crippen molar-refractivity contribution in [3.63, 3.8) is 0 Å². The first-order valence-electron chi connectivity index (χ1n) is 6.75. The van der Waals surface area contributed by atoms with Crippen LogP contribution in [0.4, 0.5) is 4.39 Å². The molecule has 1 aliphatic heterocycles. The van der Waals surface area contributed by atoms with Gasteiger partial charge in [-0.15, -0.1) is 0 Å². The van der Waals surface area contributed by atoms with Gasteiger partial charge >= 0.3 is 0 Å². The summed E-state index contributed by atoms with van der Waals surface area (Å²) in [5, 5.41) is 3.21. The Morgan fingerprint density at radius 1 is 1.20 bits per heavy atom. The second-order valence-electron chi connectivity index (χ2n) is 5.78. The van der Waals surface area contributed by atoms with Crippen molar-refractivity contribution in [1.82, 2.24) is 10.0 Å². The highest BCUT2D eigenvalue weighted by molar-refractivity contribution is 7.89. The van der Waals surface area contributed by atoms with Crippen LogP contribution >= 0.6 is 0 Å². The fraction of sp³-hybridized carbons (Fsp3) is 0.571. The van der Waals surface area contributed by atoms with Crippen molar-refractivity contribution in [2.45, 2.75) is 44.0 Å². The van der Waals surface area contributed by atoms with Gasteiger partial charge < -0.3 is 5.32 Å². The van der Waals surface area contributed by atoms with Crippen molar-refractivity contribution >= 4 is 10.0 Å². The molecule has 1 fully saturated rings. The number of benzene rings is 1. The minimum absolute atomic E-state index is 0.193. The predicted octanol–water partition coefficient (Wildman–Crippen LogP) is 1.86. The summed E-state index contributed by atoms with van der Waals surface area (Å²) in [5.74, 6) is -0.410. The number of piperidine rings is 1. The molecule has 1 saturated heterocycles. The molecule has 0 spiro atoms. The Hall–Kier alpha value is -0.980. The van der Waals surface area contributed by atoms with Gasteiger partial charge in [-0.05, 0) is 70.0 Å². The maximum Gasteiger partial charge on any atom is 0.241 e. The van der Waals surface area contributed by atoms with Gasteiger partial charge in [-0.2, -0.15) is 0 Å². The van der Waals surface area contributed by atoms with E-state index in [1.807, 2.05) is 6.92 Å². The smallest absolute Gasteiger partial charge is 0.241 e. The maximum atomic E-state index is 13.3. The summed E-state index contributed by atoms with van der Waals surface area (Å²) >= 11 is 0. The topological polar surface area (TPSA) is 58.2 Å². The van der Waals surface area contributed by atoms with E-state index in [0.717, 1.165) is 25.9 Å². The predicted molar refractivity (Wildman–Crippen MR) is 76.7 cm³/mol. The molecular weight excluding hydrogens is 279 g/mol. The Morgan fingerprint density at radius 2 is 1.70 bits per heavy atom. The molecular formula is C14H21FN2O2S. The summed E-state index contributed by atoms with van der Waals surface area (Å²) in [6.45, 7) is 6.74. The van der Waals surface area contributed by atoms with Crippen molar-refractivity contribution < 1.29 is 12.8 Å². The van der Waals surface area contributed by atoms with E-state index in [-0.39, 0.29) is 4.90 Å². The van der Waals surface area contributed by atoms with E-state index < -0.39 is 21.4 Å². The van der Waals surface area contributed by atoms with E-state index in [4.69, 9.17) is 0 Å². The first kappa shape index (κ1) is 15.4. The molecule has 2 rings (SSSR count). The Kier molecular flexibility index (Phi) is 4.18. The number of aryl methyl sites for hydroxylation is 2. The molecule has 1 aromatic rings. The largest absolute Gasteiger partial charge is 0.317 e. The number of nitrogens with one attached hydrogen (secondary N) is 2. The molecule has 2 N–H and O–H groups in total. The molecule has 1 heterocycles. The van der Waals surface area contributed by atoms with Gasteiger partial charge in [0.15, 0.2) is 0 Å². The molecule has 0 radical (unpaired) electrons. The zero-order valence-electron chi connectivity index (χ0n) is 12.1. The van der Waals surface area contributed by atoms with E-state index in [9.17, 15) is 12.8 Å². The maximum absolute atomic E-state index is 13.3. The molecule has 20 heavy (non-hydrogen) atoms. The van der Waals surface area contributed by atoms with E-state index in [1.165, 1.54) is 12.1 Å². The molecule has 0 unspecified atom stereocenters. The molecule has 0 bridgehead atoms. The Morgan fingerprint density at radius 3 is 2.20 bits per heavy atom. The van der Waals surface area contributed by atoms with E-state index in [0.29, 0.717) is 11.1 Å². The van der Waals surface area contributed by atoms with Crippen molar-refractivity contribution in [2.24, 2.45) is 0 Å². The van der Waals surface area contributed by atoms with Gasteiger partial charge in [0.25, 0.3) is 0 Å². The van der Waals surface area contributed by atoms with Crippen LogP contribution in [-0.4, -0.2) is 27.0 Å². The van der Waals surface area contributed by atoms with Crippen LogP contribution in [0.3, 0.4) is 0 Å². The lowest BCUT2D eigenvalue weighted by Crippen LogP contribution is -2.52. The van der Waals surface area contributed by atoms with Gasteiger partial charge in [-0.3, -0.25) is 0 Å². The molecule has 6 heteroatoms. The second-order valence-corrected chi connectivity index (χ2v) is 7.40. The second kappa shape index (κ2) is 5.42. The van der Waals surface area contributed by atoms with Crippen LogP contribution in [0.5, 0.6) is 0 Å². The normalized spacial score (nSPS) is 19.0. The number of rotatable bonds is 3. The number of halogens is 1. The van der Waals surface area contributed by atoms with E-state index in [2.05, 4.69) is 10.0 Å². The van der Waals surface area contributed by atoms with Crippen molar-refractivity contribution in [2.75, 3.05) is 13.1 Å². The summed E-state index contributed by atoms with van der Waals surface area (Å²) in [6.07, 6.45) is 1.48. The summed E-state index contributed by atoms with van der Waals surface area (Å²) in [5.41, 5.74) is 0.428. The Balaban J connectivity index is 2.36. The van der Waals surface area contributed by atoms with Crippen molar-refractivity contribution in [3.8, 4) is 0 Å². The van der Waals surface area contributed by atoms with Gasteiger partial charge in [0.05, 0.1) is 4.90 Å². The molecule has 112 valence electrons. The first-order chi connectivity index (χ1) is 9.23. The average molecular weight is 300 g/mol. The Bertz CT molecular complexity index is 585. The highest BCUT2D eigenvalue weighted by atomic mass is 32.2. The zero-order chi connectivity index (χ0) is 15.0. The molecule has 0 saturated carbocycles. The fourth-order valence-corrected chi connectivity index (χ4v) is 4.70. The van der Waals surface area contributed by atoms with E-state index >= 15 is 0 Å². The average Bonchev–Trinajstić information content (AvgIpc) is 2.25. The van der Waals surface area contributed by atoms with Crippen LogP contribution in [0, 0.1) is 19.7 Å². The van der Waals surface area contributed by atoms with Gasteiger partial charge in [0, 0.05) is 5.54 Å². The third-order valence-electron chi connectivity index (χ3n) is 3.78. The van der Waals surface area contributed by atoms with Crippen LogP contribution in [0.1, 0.15) is 30.9 Å². The van der Waals surface area contributed by atoms with Crippen LogP contribution < -0.4 is 10.0 Å².